The molecule has 2 aliphatic heterocycles. The van der Waals surface area contributed by atoms with E-state index in [1.807, 2.05) is 0 Å². The van der Waals surface area contributed by atoms with Crippen LogP contribution < -0.4 is 0 Å². The van der Waals surface area contributed by atoms with Gasteiger partial charge in [0.1, 0.15) is 5.57 Å². The van der Waals surface area contributed by atoms with Crippen molar-refractivity contribution < 1.29 is 19.8 Å². The molecule has 0 fully saturated rings. The van der Waals surface area contributed by atoms with Gasteiger partial charge in [0.15, 0.2) is 0 Å². The molecule has 0 amide bonds. The van der Waals surface area contributed by atoms with Crippen LogP contribution >= 0.6 is 46.4 Å². The molecular formula is C26H14Cl4N4O4. The summed E-state index contributed by atoms with van der Waals surface area (Å²) in [6.07, 6.45) is 10.7. The SMILES string of the molecule is O=C(O)C(=C/C=C/c1cc2[nH]c1c(Cl)c1ccc([nH]1)c(Cl)c1nc(c(Cl)c3nc(c2Cl)C=C3)C=C1)C(=O)O. The van der Waals surface area contributed by atoms with Crippen molar-refractivity contribution in [2.45, 2.75) is 0 Å². The van der Waals surface area contributed by atoms with E-state index in [-0.39, 0.29) is 10.0 Å². The molecule has 12 heteroatoms. The molecule has 5 rings (SSSR count). The molecule has 0 aromatic carbocycles. The van der Waals surface area contributed by atoms with E-state index in [1.165, 1.54) is 12.2 Å². The Morgan fingerprint density at radius 3 is 1.76 bits per heavy atom. The maximum Gasteiger partial charge on any atom is 0.343 e. The molecule has 4 N–H and O–H groups in total. The number of hydrogen-bond donors (Lipinski definition) is 4. The molecule has 0 spiro atoms. The number of nitrogens with zero attached hydrogens (tertiary/aromatic N) is 2. The lowest BCUT2D eigenvalue weighted by Crippen LogP contribution is -2.10. The van der Waals surface area contributed by atoms with Gasteiger partial charge in [-0.05, 0) is 48.6 Å². The summed E-state index contributed by atoms with van der Waals surface area (Å²) in [6.45, 7) is 0. The summed E-state index contributed by atoms with van der Waals surface area (Å²) in [5, 5.41) is 19.4. The van der Waals surface area contributed by atoms with E-state index in [2.05, 4.69) is 19.9 Å². The smallest absolute Gasteiger partial charge is 0.343 e. The molecule has 2 aliphatic rings. The summed E-state index contributed by atoms with van der Waals surface area (Å²) in [6, 6.07) is 5.16. The van der Waals surface area contributed by atoms with Gasteiger partial charge in [-0.3, -0.25) is 0 Å². The zero-order valence-corrected chi connectivity index (χ0v) is 21.9. The minimum absolute atomic E-state index is 0.269. The van der Waals surface area contributed by atoms with Crippen molar-refractivity contribution in [2.75, 3.05) is 0 Å². The van der Waals surface area contributed by atoms with Crippen LogP contribution in [-0.2, 0) is 9.59 Å². The van der Waals surface area contributed by atoms with E-state index in [0.29, 0.717) is 60.5 Å². The maximum atomic E-state index is 11.2. The maximum absolute atomic E-state index is 11.2. The Labute approximate surface area is 234 Å². The van der Waals surface area contributed by atoms with Gasteiger partial charge in [-0.2, -0.15) is 0 Å². The molecular weight excluding hydrogens is 574 g/mol. The van der Waals surface area contributed by atoms with E-state index in [9.17, 15) is 9.59 Å². The molecule has 0 unspecified atom stereocenters. The molecule has 0 atom stereocenters. The molecule has 3 aromatic rings. The lowest BCUT2D eigenvalue weighted by Gasteiger charge is -1.95. The van der Waals surface area contributed by atoms with Gasteiger partial charge in [-0.25, -0.2) is 19.6 Å². The third-order valence-corrected chi connectivity index (χ3v) is 7.22. The summed E-state index contributed by atoms with van der Waals surface area (Å²) in [4.78, 5) is 37.8. The van der Waals surface area contributed by atoms with Crippen molar-refractivity contribution in [2.24, 2.45) is 0 Å². The second-order valence-corrected chi connectivity index (χ2v) is 9.55. The standard InChI is InChI=1S/C26H14Cl4N4O4/c27-20-13-4-5-14(31-13)21(28)16-8-9-18(33-16)23(30)24-11(2-1-3-12(25(35)36)26(37)38)10-19(34-24)22(29)17-7-6-15(20)32-17/h1-10,33-34H,(H,35,36)(H,37,38)/b2-1+,20-13?,20-15?,21-14?,21-16?,22-17?,22-19?,23-18?,24-23?. The number of halogens is 4. The van der Waals surface area contributed by atoms with E-state index in [1.54, 1.807) is 42.5 Å². The number of allylic oxidation sites excluding steroid dienone is 2. The predicted octanol–water partition coefficient (Wildman–Crippen LogP) is 7.38. The number of carboxylic acid groups (broad SMARTS) is 2. The first-order chi connectivity index (χ1) is 18.1. The number of carboxylic acids is 2. The van der Waals surface area contributed by atoms with Crippen LogP contribution in [0.25, 0.3) is 52.4 Å². The van der Waals surface area contributed by atoms with Gasteiger partial charge in [-0.1, -0.05) is 58.6 Å². The van der Waals surface area contributed by atoms with E-state index >= 15 is 0 Å². The molecule has 8 nitrogen and oxygen atoms in total. The van der Waals surface area contributed by atoms with Crippen LogP contribution in [0.3, 0.4) is 0 Å². The normalized spacial score (nSPS) is 12.3. The lowest BCUT2D eigenvalue weighted by atomic mass is 10.2. The second kappa shape index (κ2) is 10.2. The Balaban J connectivity index is 1.85. The van der Waals surface area contributed by atoms with Gasteiger partial charge >= 0.3 is 11.9 Å². The number of rotatable bonds is 4. The van der Waals surface area contributed by atoms with Crippen LogP contribution in [0.2, 0.25) is 20.1 Å². The Bertz CT molecular complexity index is 1810. The Kier molecular flexibility index (Phi) is 6.90. The first-order valence-corrected chi connectivity index (χ1v) is 12.3. The van der Waals surface area contributed by atoms with Crippen molar-refractivity contribution in [1.29, 1.82) is 0 Å². The topological polar surface area (TPSA) is 132 Å². The minimum Gasteiger partial charge on any atom is -0.477 e. The minimum atomic E-state index is -1.57. The van der Waals surface area contributed by atoms with Crippen LogP contribution in [0.1, 0.15) is 28.3 Å². The van der Waals surface area contributed by atoms with Crippen molar-refractivity contribution in [3.05, 3.63) is 84.4 Å². The molecule has 3 aromatic heterocycles. The third-order valence-electron chi connectivity index (χ3n) is 5.64. The van der Waals surface area contributed by atoms with Crippen molar-refractivity contribution in [1.82, 2.24) is 19.9 Å². The molecule has 190 valence electrons. The van der Waals surface area contributed by atoms with Crippen LogP contribution in [-0.4, -0.2) is 42.1 Å². The first kappa shape index (κ1) is 25.8. The summed E-state index contributed by atoms with van der Waals surface area (Å²) >= 11 is 26.7. The zero-order valence-electron chi connectivity index (χ0n) is 18.9. The molecule has 0 aliphatic carbocycles. The monoisotopic (exact) mass is 586 g/mol. The van der Waals surface area contributed by atoms with Gasteiger partial charge in [0.2, 0.25) is 0 Å². The largest absolute Gasteiger partial charge is 0.477 e. The Hall–Kier alpha value is -3.82. The number of fused-ring (bicyclic) bond motifs is 8. The fraction of sp³-hybridized carbons (Fsp3) is 0. The molecule has 0 saturated heterocycles. The van der Waals surface area contributed by atoms with Crippen LogP contribution in [0, 0.1) is 0 Å². The quantitative estimate of drug-likeness (QED) is 0.0750. The highest BCUT2D eigenvalue weighted by Gasteiger charge is 2.16. The predicted molar refractivity (Wildman–Crippen MR) is 151 cm³/mol. The van der Waals surface area contributed by atoms with Gasteiger partial charge in [0.05, 0.1) is 64.9 Å². The number of carbonyl (C=O) groups is 2. The van der Waals surface area contributed by atoms with E-state index in [4.69, 9.17) is 56.6 Å². The van der Waals surface area contributed by atoms with Gasteiger partial charge in [0, 0.05) is 5.56 Å². The number of aromatic nitrogens is 4. The highest BCUT2D eigenvalue weighted by atomic mass is 35.5. The molecule has 38 heavy (non-hydrogen) atoms. The fourth-order valence-corrected chi connectivity index (χ4v) is 4.69. The fourth-order valence-electron chi connectivity index (χ4n) is 3.79. The average molecular weight is 588 g/mol. The number of nitrogens with one attached hydrogen (secondary N) is 2. The molecule has 8 bridgehead atoms. The Morgan fingerprint density at radius 1 is 0.711 bits per heavy atom. The molecule has 0 saturated carbocycles. The van der Waals surface area contributed by atoms with E-state index in [0.717, 1.165) is 6.08 Å². The van der Waals surface area contributed by atoms with Crippen molar-refractivity contribution in [3.8, 4) is 0 Å². The third kappa shape index (κ3) is 4.75. The lowest BCUT2D eigenvalue weighted by molar-refractivity contribution is -0.140. The Morgan fingerprint density at radius 2 is 1.21 bits per heavy atom. The second-order valence-electron chi connectivity index (χ2n) is 8.04. The summed E-state index contributed by atoms with van der Waals surface area (Å²) in [7, 11) is 0. The average Bonchev–Trinajstić information content (AvgIpc) is 3.69. The zero-order chi connectivity index (χ0) is 27.1. The van der Waals surface area contributed by atoms with E-state index < -0.39 is 17.5 Å². The summed E-state index contributed by atoms with van der Waals surface area (Å²) in [5.41, 5.74) is 3.56. The van der Waals surface area contributed by atoms with Gasteiger partial charge < -0.3 is 20.2 Å². The van der Waals surface area contributed by atoms with Crippen molar-refractivity contribution >= 4 is 111 Å². The summed E-state index contributed by atoms with van der Waals surface area (Å²) in [5.74, 6) is -3.13. The van der Waals surface area contributed by atoms with Crippen molar-refractivity contribution in [3.63, 3.8) is 0 Å². The van der Waals surface area contributed by atoms with Crippen LogP contribution in [0.15, 0.2) is 35.9 Å². The number of aromatic amines is 2. The molecule has 5 heterocycles. The number of aliphatic carboxylic acids is 2. The number of H-pyrrole nitrogens is 2. The van der Waals surface area contributed by atoms with Gasteiger partial charge in [0.25, 0.3) is 0 Å². The molecule has 0 radical (unpaired) electrons. The van der Waals surface area contributed by atoms with Crippen LogP contribution in [0.5, 0.6) is 0 Å². The highest BCUT2D eigenvalue weighted by molar-refractivity contribution is 6.39. The highest BCUT2D eigenvalue weighted by Crippen LogP contribution is 2.34. The van der Waals surface area contributed by atoms with Gasteiger partial charge in [-0.15, -0.1) is 0 Å². The first-order valence-electron chi connectivity index (χ1n) is 10.8. The summed E-state index contributed by atoms with van der Waals surface area (Å²) < 4.78 is 0. The van der Waals surface area contributed by atoms with Crippen LogP contribution in [0.4, 0.5) is 0 Å². The number of hydrogen-bond acceptors (Lipinski definition) is 4.